The molecule has 13 heteroatoms. The summed E-state index contributed by atoms with van der Waals surface area (Å²) < 4.78 is 41.7. The zero-order valence-corrected chi connectivity index (χ0v) is 21.8. The van der Waals surface area contributed by atoms with Crippen molar-refractivity contribution < 1.29 is 27.9 Å². The number of rotatable bonds is 10. The van der Waals surface area contributed by atoms with Gasteiger partial charge in [-0.25, -0.2) is 14.5 Å². The smallest absolute Gasteiger partial charge is 0.435 e. The molecule has 2 aromatic carbocycles. The summed E-state index contributed by atoms with van der Waals surface area (Å²) in [4.78, 5) is 28.6. The van der Waals surface area contributed by atoms with Crippen LogP contribution in [0.15, 0.2) is 66.2 Å². The number of nitrogens with one attached hydrogen (secondary N) is 3. The number of thiazole rings is 1. The molecule has 2 amide bonds. The van der Waals surface area contributed by atoms with Gasteiger partial charge in [-0.1, -0.05) is 24.3 Å². The molecule has 1 fully saturated rings. The molecule has 40 heavy (non-hydrogen) atoms. The van der Waals surface area contributed by atoms with Gasteiger partial charge in [-0.15, -0.1) is 11.3 Å². The van der Waals surface area contributed by atoms with Crippen molar-refractivity contribution in [3.05, 3.63) is 93.7 Å². The molecule has 0 aliphatic heterocycles. The summed E-state index contributed by atoms with van der Waals surface area (Å²) in [6, 6.07) is 13.7. The van der Waals surface area contributed by atoms with E-state index in [0.717, 1.165) is 21.8 Å². The summed E-state index contributed by atoms with van der Waals surface area (Å²) in [7, 11) is 0. The van der Waals surface area contributed by atoms with E-state index in [1.165, 1.54) is 36.3 Å². The second-order valence-electron chi connectivity index (χ2n) is 9.39. The van der Waals surface area contributed by atoms with Crippen molar-refractivity contribution in [2.45, 2.75) is 31.6 Å². The van der Waals surface area contributed by atoms with Crippen molar-refractivity contribution >= 4 is 29.0 Å². The number of alkyl halides is 3. The van der Waals surface area contributed by atoms with Crippen LogP contribution in [-0.4, -0.2) is 38.4 Å². The Labute approximate surface area is 231 Å². The first kappa shape index (κ1) is 27.3. The van der Waals surface area contributed by atoms with E-state index in [-0.39, 0.29) is 24.0 Å². The van der Waals surface area contributed by atoms with Gasteiger partial charge in [0, 0.05) is 29.9 Å². The Balaban J connectivity index is 1.42. The summed E-state index contributed by atoms with van der Waals surface area (Å²) in [5, 5.41) is 23.7. The number of aromatic nitrogens is 3. The minimum absolute atomic E-state index is 0.0695. The van der Waals surface area contributed by atoms with Crippen molar-refractivity contribution in [3.8, 4) is 5.69 Å². The third-order valence-electron chi connectivity index (χ3n) is 6.32. The highest BCUT2D eigenvalue weighted by atomic mass is 32.1. The lowest BCUT2D eigenvalue weighted by Crippen LogP contribution is -2.24. The number of amides is 2. The van der Waals surface area contributed by atoms with Crippen LogP contribution >= 0.6 is 11.3 Å². The van der Waals surface area contributed by atoms with Gasteiger partial charge in [0.05, 0.1) is 11.7 Å². The highest BCUT2D eigenvalue weighted by Gasteiger charge is 2.36. The first-order chi connectivity index (χ1) is 19.2. The first-order valence-corrected chi connectivity index (χ1v) is 13.3. The number of benzene rings is 2. The fourth-order valence-electron chi connectivity index (χ4n) is 4.18. The molecule has 208 valence electrons. The maximum Gasteiger partial charge on any atom is 0.435 e. The third kappa shape index (κ3) is 6.66. The largest absolute Gasteiger partial charge is 0.465 e. The Morgan fingerprint density at radius 3 is 2.62 bits per heavy atom. The Kier molecular flexibility index (Phi) is 7.85. The third-order valence-corrected chi connectivity index (χ3v) is 7.16. The number of anilines is 1. The maximum absolute atomic E-state index is 13.6. The number of carboxylic acid groups (broad SMARTS) is 1. The maximum atomic E-state index is 13.6. The van der Waals surface area contributed by atoms with Crippen LogP contribution in [-0.2, 0) is 12.7 Å². The van der Waals surface area contributed by atoms with Crippen LogP contribution in [0.4, 0.5) is 23.7 Å². The fourth-order valence-corrected chi connectivity index (χ4v) is 4.91. The van der Waals surface area contributed by atoms with E-state index in [4.69, 9.17) is 5.11 Å². The molecular formula is C27H25F3N6O3S. The molecule has 0 spiro atoms. The summed E-state index contributed by atoms with van der Waals surface area (Å²) in [5.41, 5.74) is 0.356. The lowest BCUT2D eigenvalue weighted by atomic mass is 10.1. The molecule has 1 atom stereocenters. The summed E-state index contributed by atoms with van der Waals surface area (Å²) in [6.07, 6.45) is -1.94. The predicted molar refractivity (Wildman–Crippen MR) is 143 cm³/mol. The summed E-state index contributed by atoms with van der Waals surface area (Å²) >= 11 is 1.51. The Morgan fingerprint density at radius 1 is 1.12 bits per heavy atom. The lowest BCUT2D eigenvalue weighted by Gasteiger charge is -2.18. The van der Waals surface area contributed by atoms with Gasteiger partial charge in [-0.3, -0.25) is 4.79 Å². The van der Waals surface area contributed by atoms with Gasteiger partial charge in [0.2, 0.25) is 0 Å². The highest BCUT2D eigenvalue weighted by Crippen LogP contribution is 2.32. The van der Waals surface area contributed by atoms with Gasteiger partial charge < -0.3 is 21.1 Å². The molecule has 2 heterocycles. The van der Waals surface area contributed by atoms with E-state index in [1.807, 2.05) is 11.4 Å². The zero-order chi connectivity index (χ0) is 28.3. The van der Waals surface area contributed by atoms with Crippen LogP contribution in [0.1, 0.15) is 51.2 Å². The van der Waals surface area contributed by atoms with Crippen LogP contribution in [0.25, 0.3) is 5.69 Å². The summed E-state index contributed by atoms with van der Waals surface area (Å²) in [5.74, 6) is -0.155. The Bertz CT molecular complexity index is 1500. The molecule has 9 nitrogen and oxygen atoms in total. The lowest BCUT2D eigenvalue weighted by molar-refractivity contribution is -0.141. The average Bonchev–Trinajstić information content (AvgIpc) is 3.37. The predicted octanol–water partition coefficient (Wildman–Crippen LogP) is 5.46. The molecule has 1 saturated carbocycles. The fraction of sp³-hybridized carbons (Fsp3) is 0.259. The topological polar surface area (TPSA) is 121 Å². The van der Waals surface area contributed by atoms with Crippen LogP contribution < -0.4 is 16.0 Å². The molecule has 2 aromatic heterocycles. The minimum Gasteiger partial charge on any atom is -0.465 e. The average molecular weight is 571 g/mol. The number of nitrogens with zero attached hydrogens (tertiary/aromatic N) is 3. The number of carbonyl (C=O) groups is 2. The zero-order valence-electron chi connectivity index (χ0n) is 21.0. The van der Waals surface area contributed by atoms with Gasteiger partial charge in [-0.05, 0) is 60.7 Å². The second-order valence-corrected chi connectivity index (χ2v) is 10.3. The van der Waals surface area contributed by atoms with Crippen LogP contribution in [0, 0.1) is 5.92 Å². The molecular weight excluding hydrogens is 545 g/mol. The van der Waals surface area contributed by atoms with Crippen molar-refractivity contribution in [1.29, 1.82) is 0 Å². The van der Waals surface area contributed by atoms with Crippen molar-refractivity contribution in [2.24, 2.45) is 5.92 Å². The Hall–Kier alpha value is -4.23. The van der Waals surface area contributed by atoms with Crippen LogP contribution in [0.2, 0.25) is 0 Å². The van der Waals surface area contributed by atoms with Crippen LogP contribution in [0.3, 0.4) is 0 Å². The monoisotopic (exact) mass is 570 g/mol. The van der Waals surface area contributed by atoms with Gasteiger partial charge in [-0.2, -0.15) is 18.3 Å². The van der Waals surface area contributed by atoms with Gasteiger partial charge >= 0.3 is 12.3 Å². The minimum atomic E-state index is -4.78. The van der Waals surface area contributed by atoms with Crippen LogP contribution in [0.5, 0.6) is 0 Å². The normalized spacial score (nSPS) is 14.1. The molecule has 4 aromatic rings. The van der Waals surface area contributed by atoms with E-state index in [9.17, 15) is 22.8 Å². The molecule has 1 aliphatic rings. The standard InChI is InChI=1S/C27H25F3N6O3S/c28-27(29,30)22-13-21(36(35-22)20-6-1-3-17(11-20)15-33-26(38)39)24(37)34-19-5-2-4-18(12-19)23(25-31-9-10-40-25)32-14-16-7-8-16/h1-6,9-13,16,23,32-33H,7-8,14-15H2,(H,34,37)(H,38,39). The SMILES string of the molecule is O=C(O)NCc1cccc(-n2nc(C(F)(F)F)cc2C(=O)Nc2cccc(C(NCC3CC3)c3nccs3)c2)c1. The second kappa shape index (κ2) is 11.5. The van der Waals surface area contributed by atoms with Crippen molar-refractivity contribution in [2.75, 3.05) is 11.9 Å². The highest BCUT2D eigenvalue weighted by molar-refractivity contribution is 7.09. The van der Waals surface area contributed by atoms with Gasteiger partial charge in [0.15, 0.2) is 5.69 Å². The van der Waals surface area contributed by atoms with E-state index in [0.29, 0.717) is 23.2 Å². The van der Waals surface area contributed by atoms with E-state index < -0.39 is 23.9 Å². The molecule has 1 unspecified atom stereocenters. The van der Waals surface area contributed by atoms with E-state index in [1.54, 1.807) is 36.5 Å². The number of hydrogen-bond acceptors (Lipinski definition) is 6. The first-order valence-electron chi connectivity index (χ1n) is 12.4. The number of halogens is 3. The Morgan fingerprint density at radius 2 is 1.93 bits per heavy atom. The molecule has 0 bridgehead atoms. The van der Waals surface area contributed by atoms with Crippen molar-refractivity contribution in [3.63, 3.8) is 0 Å². The molecule has 5 rings (SSSR count). The number of carbonyl (C=O) groups excluding carboxylic acids is 1. The molecule has 0 saturated heterocycles. The quantitative estimate of drug-likeness (QED) is 0.201. The van der Waals surface area contributed by atoms with E-state index >= 15 is 0 Å². The summed E-state index contributed by atoms with van der Waals surface area (Å²) in [6.45, 7) is 0.765. The van der Waals surface area contributed by atoms with Crippen molar-refractivity contribution in [1.82, 2.24) is 25.4 Å². The molecule has 1 aliphatic carbocycles. The van der Waals surface area contributed by atoms with E-state index in [2.05, 4.69) is 26.0 Å². The molecule has 0 radical (unpaired) electrons. The number of hydrogen-bond donors (Lipinski definition) is 4. The molecule has 4 N–H and O–H groups in total. The van der Waals surface area contributed by atoms with Gasteiger partial charge in [0.25, 0.3) is 5.91 Å². The van der Waals surface area contributed by atoms with Gasteiger partial charge in [0.1, 0.15) is 10.7 Å².